The highest BCUT2D eigenvalue weighted by molar-refractivity contribution is 5.91. The van der Waals surface area contributed by atoms with Gasteiger partial charge < -0.3 is 19.9 Å². The number of hydrogen-bond acceptors (Lipinski definition) is 6. The number of aromatic amines is 1. The zero-order chi connectivity index (χ0) is 19.7. The van der Waals surface area contributed by atoms with Gasteiger partial charge in [0.25, 0.3) is 5.56 Å². The van der Waals surface area contributed by atoms with E-state index < -0.39 is 5.97 Å². The molecule has 1 aliphatic rings. The van der Waals surface area contributed by atoms with Crippen LogP contribution in [0.15, 0.2) is 35.3 Å². The van der Waals surface area contributed by atoms with E-state index in [4.69, 9.17) is 4.74 Å². The van der Waals surface area contributed by atoms with E-state index in [1.54, 1.807) is 6.92 Å². The third-order valence-electron chi connectivity index (χ3n) is 4.86. The van der Waals surface area contributed by atoms with Crippen LogP contribution >= 0.6 is 12.4 Å². The Morgan fingerprint density at radius 1 is 1.21 bits per heavy atom. The lowest BCUT2D eigenvalue weighted by Crippen LogP contribution is -2.43. The Morgan fingerprint density at radius 3 is 2.55 bits per heavy atom. The van der Waals surface area contributed by atoms with E-state index >= 15 is 0 Å². The van der Waals surface area contributed by atoms with Crippen LogP contribution < -0.4 is 15.8 Å². The minimum Gasteiger partial charge on any atom is -0.461 e. The number of anilines is 1. The minimum absolute atomic E-state index is 0. The van der Waals surface area contributed by atoms with E-state index in [1.165, 1.54) is 10.7 Å². The zero-order valence-electron chi connectivity index (χ0n) is 16.4. The van der Waals surface area contributed by atoms with Crippen LogP contribution in [0.4, 0.5) is 5.82 Å². The van der Waals surface area contributed by atoms with Crippen molar-refractivity contribution in [3.63, 3.8) is 0 Å². The van der Waals surface area contributed by atoms with Crippen molar-refractivity contribution in [2.24, 2.45) is 0 Å². The Hall–Kier alpha value is -2.84. The van der Waals surface area contributed by atoms with Gasteiger partial charge in [-0.05, 0) is 19.4 Å². The van der Waals surface area contributed by atoms with Crippen LogP contribution in [0, 0.1) is 6.92 Å². The van der Waals surface area contributed by atoms with Crippen LogP contribution in [0.5, 0.6) is 0 Å². The molecule has 154 valence electrons. The summed E-state index contributed by atoms with van der Waals surface area (Å²) in [5.74, 6) is 0.175. The SMILES string of the molecule is CCOC(=O)c1cn2nc(N3CCNCC3)c(-c3ccc(C)cc3)c2c(=O)[nH]1.Cl. The summed E-state index contributed by atoms with van der Waals surface area (Å²) in [5.41, 5.74) is 2.98. The van der Waals surface area contributed by atoms with E-state index in [2.05, 4.69) is 20.3 Å². The van der Waals surface area contributed by atoms with Gasteiger partial charge in [0.15, 0.2) is 5.82 Å². The molecular formula is C20H24ClN5O3. The fourth-order valence-corrected chi connectivity index (χ4v) is 3.47. The lowest BCUT2D eigenvalue weighted by atomic mass is 10.0. The normalized spacial score (nSPS) is 13.9. The van der Waals surface area contributed by atoms with E-state index in [-0.39, 0.29) is 30.3 Å². The van der Waals surface area contributed by atoms with Gasteiger partial charge in [-0.25, -0.2) is 9.31 Å². The molecule has 4 rings (SSSR count). The molecule has 0 radical (unpaired) electrons. The average Bonchev–Trinajstić information content (AvgIpc) is 3.09. The number of H-pyrrole nitrogens is 1. The Balaban J connectivity index is 0.00000240. The third kappa shape index (κ3) is 3.99. The van der Waals surface area contributed by atoms with Crippen molar-refractivity contribution < 1.29 is 9.53 Å². The molecule has 1 aromatic carbocycles. The van der Waals surface area contributed by atoms with Crippen LogP contribution in [0.1, 0.15) is 23.0 Å². The van der Waals surface area contributed by atoms with Gasteiger partial charge in [-0.2, -0.15) is 0 Å². The molecule has 1 saturated heterocycles. The molecule has 8 nitrogen and oxygen atoms in total. The van der Waals surface area contributed by atoms with E-state index in [0.29, 0.717) is 5.52 Å². The molecule has 9 heteroatoms. The Bertz CT molecular complexity index is 1070. The number of piperazine rings is 1. The summed E-state index contributed by atoms with van der Waals surface area (Å²) in [6.45, 7) is 7.28. The first-order valence-corrected chi connectivity index (χ1v) is 9.44. The molecule has 2 N–H and O–H groups in total. The number of nitrogens with one attached hydrogen (secondary N) is 2. The summed E-state index contributed by atoms with van der Waals surface area (Å²) in [6.07, 6.45) is 1.53. The van der Waals surface area contributed by atoms with E-state index in [0.717, 1.165) is 48.7 Å². The number of fused-ring (bicyclic) bond motifs is 1. The summed E-state index contributed by atoms with van der Waals surface area (Å²) >= 11 is 0. The molecule has 1 aliphatic heterocycles. The standard InChI is InChI=1S/C20H23N5O3.ClH/c1-3-28-20(27)15-12-25-17(19(26)22-15)16(14-6-4-13(2)5-7-14)18(23-25)24-10-8-21-9-11-24;/h4-7,12,21H,3,8-11H2,1-2H3,(H,22,26);1H. The number of carbonyl (C=O) groups excluding carboxylic acids is 1. The van der Waals surface area contributed by atoms with Gasteiger partial charge in [0.2, 0.25) is 0 Å². The Morgan fingerprint density at radius 2 is 1.90 bits per heavy atom. The molecule has 3 aromatic rings. The highest BCUT2D eigenvalue weighted by Gasteiger charge is 2.24. The molecule has 3 heterocycles. The zero-order valence-corrected chi connectivity index (χ0v) is 17.2. The van der Waals surface area contributed by atoms with Gasteiger partial charge >= 0.3 is 5.97 Å². The molecule has 2 aromatic heterocycles. The fraction of sp³-hybridized carbons (Fsp3) is 0.350. The summed E-state index contributed by atoms with van der Waals surface area (Å²) < 4.78 is 6.51. The maximum Gasteiger partial charge on any atom is 0.356 e. The largest absolute Gasteiger partial charge is 0.461 e. The van der Waals surface area contributed by atoms with Crippen molar-refractivity contribution >= 4 is 29.7 Å². The van der Waals surface area contributed by atoms with Gasteiger partial charge in [-0.1, -0.05) is 29.8 Å². The van der Waals surface area contributed by atoms with Crippen LogP contribution in [-0.2, 0) is 4.74 Å². The second-order valence-corrected chi connectivity index (χ2v) is 6.81. The van der Waals surface area contributed by atoms with Crippen molar-refractivity contribution in [1.29, 1.82) is 0 Å². The van der Waals surface area contributed by atoms with E-state index in [9.17, 15) is 9.59 Å². The molecule has 0 aliphatic carbocycles. The summed E-state index contributed by atoms with van der Waals surface area (Å²) in [4.78, 5) is 29.8. The van der Waals surface area contributed by atoms with E-state index in [1.807, 2.05) is 31.2 Å². The second-order valence-electron chi connectivity index (χ2n) is 6.81. The number of rotatable bonds is 4. The third-order valence-corrected chi connectivity index (χ3v) is 4.86. The number of benzene rings is 1. The maximum absolute atomic E-state index is 12.9. The number of hydrogen-bond donors (Lipinski definition) is 2. The molecule has 29 heavy (non-hydrogen) atoms. The Labute approximate surface area is 174 Å². The molecular weight excluding hydrogens is 394 g/mol. The average molecular weight is 418 g/mol. The topological polar surface area (TPSA) is 91.7 Å². The van der Waals surface area contributed by atoms with Crippen molar-refractivity contribution in [2.45, 2.75) is 13.8 Å². The van der Waals surface area contributed by atoms with Crippen molar-refractivity contribution in [1.82, 2.24) is 19.9 Å². The number of carbonyl (C=O) groups is 1. The molecule has 0 saturated carbocycles. The van der Waals surface area contributed by atoms with Gasteiger partial charge in [-0.3, -0.25) is 4.79 Å². The molecule has 0 bridgehead atoms. The first-order valence-electron chi connectivity index (χ1n) is 9.44. The number of ether oxygens (including phenoxy) is 1. The predicted molar refractivity (Wildman–Crippen MR) is 114 cm³/mol. The van der Waals surface area contributed by atoms with Gasteiger partial charge in [0.1, 0.15) is 11.2 Å². The number of aryl methyl sites for hydroxylation is 1. The number of nitrogens with zero attached hydrogens (tertiary/aromatic N) is 3. The van der Waals surface area contributed by atoms with Crippen LogP contribution in [0.25, 0.3) is 16.6 Å². The van der Waals surface area contributed by atoms with Gasteiger partial charge in [0, 0.05) is 26.2 Å². The molecule has 1 fully saturated rings. The van der Waals surface area contributed by atoms with Crippen LogP contribution in [-0.4, -0.2) is 53.4 Å². The van der Waals surface area contributed by atoms with Crippen molar-refractivity contribution in [3.8, 4) is 11.1 Å². The monoisotopic (exact) mass is 417 g/mol. The summed E-state index contributed by atoms with van der Waals surface area (Å²) in [6, 6.07) is 8.02. The maximum atomic E-state index is 12.9. The lowest BCUT2D eigenvalue weighted by Gasteiger charge is -2.28. The highest BCUT2D eigenvalue weighted by Crippen LogP contribution is 2.33. The molecule has 0 unspecified atom stereocenters. The second kappa shape index (κ2) is 8.67. The number of aromatic nitrogens is 3. The summed E-state index contributed by atoms with van der Waals surface area (Å²) in [7, 11) is 0. The smallest absolute Gasteiger partial charge is 0.356 e. The van der Waals surface area contributed by atoms with Crippen LogP contribution in [0.2, 0.25) is 0 Å². The summed E-state index contributed by atoms with van der Waals surface area (Å²) in [5, 5.41) is 8.02. The minimum atomic E-state index is -0.572. The van der Waals surface area contributed by atoms with Crippen molar-refractivity contribution in [2.75, 3.05) is 37.7 Å². The van der Waals surface area contributed by atoms with Gasteiger partial charge in [-0.15, -0.1) is 17.5 Å². The molecule has 0 spiro atoms. The van der Waals surface area contributed by atoms with Crippen molar-refractivity contribution in [3.05, 3.63) is 52.1 Å². The quantitative estimate of drug-likeness (QED) is 0.631. The van der Waals surface area contributed by atoms with Crippen LogP contribution in [0.3, 0.4) is 0 Å². The Kier molecular flexibility index (Phi) is 6.24. The molecule has 0 amide bonds. The fourth-order valence-electron chi connectivity index (χ4n) is 3.47. The number of esters is 1. The molecule has 0 atom stereocenters. The van der Waals surface area contributed by atoms with Gasteiger partial charge in [0.05, 0.1) is 18.4 Å². The highest BCUT2D eigenvalue weighted by atomic mass is 35.5. The first-order chi connectivity index (χ1) is 13.6. The predicted octanol–water partition coefficient (Wildman–Crippen LogP) is 2.01. The number of halogens is 1. The first kappa shape index (κ1) is 20.9. The lowest BCUT2D eigenvalue weighted by molar-refractivity contribution is 0.0518.